The minimum Gasteiger partial charge on any atom is -0.449 e. The highest BCUT2D eigenvalue weighted by Gasteiger charge is 2.31. The van der Waals surface area contributed by atoms with E-state index in [4.69, 9.17) is 4.74 Å². The van der Waals surface area contributed by atoms with Crippen LogP contribution >= 0.6 is 12.4 Å². The van der Waals surface area contributed by atoms with Crippen LogP contribution in [0.15, 0.2) is 29.1 Å². The monoisotopic (exact) mass is 393 g/mol. The predicted octanol–water partition coefficient (Wildman–Crippen LogP) is 3.49. The molecule has 2 fully saturated rings. The molecule has 27 heavy (non-hydrogen) atoms. The number of para-hydroxylation sites is 2. The standard InChI is InChI=1S/C20H27N3O3.ClH/c1-2-22-17-8-3-4-9-18(17)23(19(22)24)20(25)26-14-15-10-12-21-11-6-5-7-16(21)13-15;/h3-4,8-9,15-16H,2,5-7,10-14H2,1H3;1H. The summed E-state index contributed by atoms with van der Waals surface area (Å²) in [5.41, 5.74) is 1.07. The third-order valence-corrected chi connectivity index (χ3v) is 5.96. The zero-order chi connectivity index (χ0) is 18.1. The number of carbonyl (C=O) groups is 1. The highest BCUT2D eigenvalue weighted by molar-refractivity contribution is 5.86. The van der Waals surface area contributed by atoms with Gasteiger partial charge in [-0.2, -0.15) is 4.57 Å². The number of aryl methyl sites for hydroxylation is 1. The molecule has 0 bridgehead atoms. The van der Waals surface area contributed by atoms with Crippen LogP contribution < -0.4 is 5.69 Å². The molecule has 1 aromatic carbocycles. The molecule has 1 aromatic heterocycles. The fraction of sp³-hybridized carbons (Fsp3) is 0.600. The van der Waals surface area contributed by atoms with E-state index in [1.165, 1.54) is 30.4 Å². The minimum atomic E-state index is -0.551. The molecular weight excluding hydrogens is 366 g/mol. The molecule has 0 saturated carbocycles. The van der Waals surface area contributed by atoms with Crippen LogP contribution in [-0.2, 0) is 11.3 Å². The summed E-state index contributed by atoms with van der Waals surface area (Å²) in [6.45, 7) is 5.15. The molecule has 0 aliphatic carbocycles. The SMILES string of the molecule is CCn1c(=O)n(C(=O)OCC2CCN3CCCCC3C2)c2ccccc21.Cl. The minimum absolute atomic E-state index is 0. The van der Waals surface area contributed by atoms with Gasteiger partial charge in [0.2, 0.25) is 0 Å². The first-order valence-electron chi connectivity index (χ1n) is 9.80. The molecule has 0 spiro atoms. The third kappa shape index (κ3) is 3.78. The number of ether oxygens (including phenoxy) is 1. The van der Waals surface area contributed by atoms with Gasteiger partial charge in [-0.15, -0.1) is 12.4 Å². The molecule has 2 atom stereocenters. The van der Waals surface area contributed by atoms with E-state index < -0.39 is 6.09 Å². The van der Waals surface area contributed by atoms with Crippen LogP contribution in [0.25, 0.3) is 11.0 Å². The summed E-state index contributed by atoms with van der Waals surface area (Å²) in [5.74, 6) is 0.397. The largest absolute Gasteiger partial charge is 0.449 e. The van der Waals surface area contributed by atoms with Gasteiger partial charge in [0.05, 0.1) is 17.6 Å². The number of benzene rings is 1. The Morgan fingerprint density at radius 1 is 1.15 bits per heavy atom. The lowest BCUT2D eigenvalue weighted by atomic mass is 9.86. The lowest BCUT2D eigenvalue weighted by molar-refractivity contribution is 0.0478. The van der Waals surface area contributed by atoms with Crippen molar-refractivity contribution in [1.82, 2.24) is 14.0 Å². The van der Waals surface area contributed by atoms with Crippen molar-refractivity contribution in [3.63, 3.8) is 0 Å². The quantitative estimate of drug-likeness (QED) is 0.800. The third-order valence-electron chi connectivity index (χ3n) is 5.96. The van der Waals surface area contributed by atoms with Gasteiger partial charge >= 0.3 is 11.8 Å². The Balaban J connectivity index is 0.00000210. The maximum Gasteiger partial charge on any atom is 0.422 e. The van der Waals surface area contributed by atoms with Crippen molar-refractivity contribution in [2.24, 2.45) is 5.92 Å². The number of halogens is 1. The van der Waals surface area contributed by atoms with Crippen molar-refractivity contribution in [3.8, 4) is 0 Å². The fourth-order valence-electron chi connectivity index (χ4n) is 4.57. The van der Waals surface area contributed by atoms with Crippen LogP contribution in [0.2, 0.25) is 0 Å². The number of rotatable bonds is 3. The zero-order valence-electron chi connectivity index (χ0n) is 15.8. The molecule has 6 nitrogen and oxygen atoms in total. The predicted molar refractivity (Wildman–Crippen MR) is 108 cm³/mol. The van der Waals surface area contributed by atoms with E-state index in [9.17, 15) is 9.59 Å². The van der Waals surface area contributed by atoms with Crippen molar-refractivity contribution in [2.75, 3.05) is 19.7 Å². The van der Waals surface area contributed by atoms with Crippen LogP contribution in [0.3, 0.4) is 0 Å². The number of nitrogens with zero attached hydrogens (tertiary/aromatic N) is 3. The number of fused-ring (bicyclic) bond motifs is 2. The van der Waals surface area contributed by atoms with Crippen molar-refractivity contribution >= 4 is 29.5 Å². The van der Waals surface area contributed by atoms with E-state index in [1.807, 2.05) is 25.1 Å². The number of imidazole rings is 1. The first-order valence-corrected chi connectivity index (χ1v) is 9.80. The van der Waals surface area contributed by atoms with Gasteiger partial charge in [-0.05, 0) is 63.7 Å². The summed E-state index contributed by atoms with van der Waals surface area (Å²) in [6, 6.07) is 8.02. The van der Waals surface area contributed by atoms with Crippen LogP contribution in [0, 0.1) is 5.92 Å². The van der Waals surface area contributed by atoms with Crippen LogP contribution in [0.5, 0.6) is 0 Å². The molecule has 4 rings (SSSR count). The van der Waals surface area contributed by atoms with E-state index in [0.29, 0.717) is 30.6 Å². The molecule has 3 heterocycles. The Labute approximate surface area is 165 Å². The van der Waals surface area contributed by atoms with Gasteiger partial charge in [0.25, 0.3) is 0 Å². The van der Waals surface area contributed by atoms with Gasteiger partial charge in [0.15, 0.2) is 0 Å². The Hall–Kier alpha value is -1.79. The molecule has 2 aliphatic rings. The van der Waals surface area contributed by atoms with Crippen LogP contribution in [-0.4, -0.2) is 45.9 Å². The molecule has 2 aliphatic heterocycles. The van der Waals surface area contributed by atoms with Crippen molar-refractivity contribution < 1.29 is 9.53 Å². The summed E-state index contributed by atoms with van der Waals surface area (Å²) in [6.07, 6.45) is 5.48. The van der Waals surface area contributed by atoms with Gasteiger partial charge in [0.1, 0.15) is 0 Å². The molecule has 0 N–H and O–H groups in total. The number of aromatic nitrogens is 2. The lowest BCUT2D eigenvalue weighted by Crippen LogP contribution is -2.46. The maximum atomic E-state index is 12.7. The number of piperidine rings is 2. The molecule has 0 radical (unpaired) electrons. The summed E-state index contributed by atoms with van der Waals surface area (Å²) in [7, 11) is 0. The first kappa shape index (κ1) is 20.0. The van der Waals surface area contributed by atoms with Crippen molar-refractivity contribution in [1.29, 1.82) is 0 Å². The smallest absolute Gasteiger partial charge is 0.422 e. The van der Waals surface area contributed by atoms with Gasteiger partial charge in [-0.25, -0.2) is 9.59 Å². The topological polar surface area (TPSA) is 56.5 Å². The van der Waals surface area contributed by atoms with E-state index in [1.54, 1.807) is 10.6 Å². The number of hydrogen-bond acceptors (Lipinski definition) is 4. The summed E-state index contributed by atoms with van der Waals surface area (Å²) in [5, 5.41) is 0. The Morgan fingerprint density at radius 3 is 2.70 bits per heavy atom. The molecular formula is C20H28ClN3O3. The highest BCUT2D eigenvalue weighted by Crippen LogP contribution is 2.29. The zero-order valence-corrected chi connectivity index (χ0v) is 16.6. The molecule has 2 unspecified atom stereocenters. The normalized spacial score (nSPS) is 22.9. The second-order valence-electron chi connectivity index (χ2n) is 7.50. The highest BCUT2D eigenvalue weighted by atomic mass is 35.5. The summed E-state index contributed by atoms with van der Waals surface area (Å²) >= 11 is 0. The van der Waals surface area contributed by atoms with E-state index in [0.717, 1.165) is 24.9 Å². The Bertz CT molecular complexity index is 860. The average molecular weight is 394 g/mol. The van der Waals surface area contributed by atoms with Gasteiger partial charge < -0.3 is 9.64 Å². The Morgan fingerprint density at radius 2 is 1.93 bits per heavy atom. The number of carbonyl (C=O) groups excluding carboxylic acids is 1. The molecule has 7 heteroatoms. The van der Waals surface area contributed by atoms with Crippen molar-refractivity contribution in [2.45, 2.75) is 51.6 Å². The first-order chi connectivity index (χ1) is 12.7. The fourth-order valence-corrected chi connectivity index (χ4v) is 4.57. The van der Waals surface area contributed by atoms with Gasteiger partial charge in [-0.3, -0.25) is 4.57 Å². The van der Waals surface area contributed by atoms with Crippen LogP contribution in [0.4, 0.5) is 4.79 Å². The van der Waals surface area contributed by atoms with E-state index >= 15 is 0 Å². The van der Waals surface area contributed by atoms with Crippen molar-refractivity contribution in [3.05, 3.63) is 34.7 Å². The lowest BCUT2D eigenvalue weighted by Gasteiger charge is -2.42. The van der Waals surface area contributed by atoms with E-state index in [2.05, 4.69) is 4.90 Å². The summed E-state index contributed by atoms with van der Waals surface area (Å²) < 4.78 is 8.37. The second-order valence-corrected chi connectivity index (χ2v) is 7.50. The van der Waals surface area contributed by atoms with E-state index in [-0.39, 0.29) is 18.1 Å². The second kappa shape index (κ2) is 8.48. The molecule has 2 saturated heterocycles. The average Bonchev–Trinajstić information content (AvgIpc) is 2.97. The van der Waals surface area contributed by atoms with Crippen LogP contribution in [0.1, 0.15) is 39.0 Å². The number of hydrogen-bond donors (Lipinski definition) is 0. The van der Waals surface area contributed by atoms with Gasteiger partial charge in [-0.1, -0.05) is 18.6 Å². The molecule has 2 aromatic rings. The molecule has 148 valence electrons. The Kier molecular flexibility index (Phi) is 6.27. The maximum absolute atomic E-state index is 12.7. The van der Waals surface area contributed by atoms with Gasteiger partial charge in [0, 0.05) is 12.6 Å². The summed E-state index contributed by atoms with van der Waals surface area (Å²) in [4.78, 5) is 27.9. The molecule has 0 amide bonds.